The number of anilines is 1. The van der Waals surface area contributed by atoms with Crippen LogP contribution in [0.1, 0.15) is 23.4 Å². The molecule has 6 heteroatoms. The van der Waals surface area contributed by atoms with Crippen LogP contribution in [0, 0.1) is 20.8 Å². The van der Waals surface area contributed by atoms with Gasteiger partial charge < -0.3 is 15.2 Å². The third-order valence-corrected chi connectivity index (χ3v) is 4.43. The molecule has 0 saturated heterocycles. The molecule has 3 aromatic rings. The molecule has 0 unspecified atom stereocenters. The summed E-state index contributed by atoms with van der Waals surface area (Å²) in [5.74, 6) is 1.75. The van der Waals surface area contributed by atoms with E-state index < -0.39 is 0 Å². The van der Waals surface area contributed by atoms with E-state index in [1.165, 1.54) is 0 Å². The van der Waals surface area contributed by atoms with Gasteiger partial charge in [0.05, 0.1) is 12.8 Å². The molecule has 0 bridgehead atoms. The first-order valence-corrected chi connectivity index (χ1v) is 8.42. The van der Waals surface area contributed by atoms with Crippen molar-refractivity contribution in [3.05, 3.63) is 41.2 Å². The summed E-state index contributed by atoms with van der Waals surface area (Å²) in [6.07, 6.45) is 0.688. The summed E-state index contributed by atoms with van der Waals surface area (Å²) in [5.41, 5.74) is 5.87. The van der Waals surface area contributed by atoms with Crippen LogP contribution in [0.25, 0.3) is 16.8 Å². The van der Waals surface area contributed by atoms with E-state index in [-0.39, 0.29) is 6.61 Å². The molecule has 2 heterocycles. The lowest BCUT2D eigenvalue weighted by Gasteiger charge is -2.13. The minimum atomic E-state index is 0.161. The molecule has 0 fully saturated rings. The largest absolute Gasteiger partial charge is 0.497 e. The SMILES string of the molecule is COc1ccc(-c2c(C)nn3c(NCCCO)c(C)c(C)nc23)cc1. The molecule has 1 aromatic carbocycles. The molecule has 0 aliphatic heterocycles. The zero-order chi connectivity index (χ0) is 18.0. The zero-order valence-electron chi connectivity index (χ0n) is 15.1. The number of hydrogen-bond donors (Lipinski definition) is 2. The van der Waals surface area contributed by atoms with Crippen molar-refractivity contribution in [1.82, 2.24) is 14.6 Å². The second-order valence-corrected chi connectivity index (χ2v) is 6.10. The molecule has 0 amide bonds. The minimum Gasteiger partial charge on any atom is -0.497 e. The molecule has 2 N–H and O–H groups in total. The number of fused-ring (bicyclic) bond motifs is 1. The van der Waals surface area contributed by atoms with Crippen molar-refractivity contribution < 1.29 is 9.84 Å². The molecule has 132 valence electrons. The highest BCUT2D eigenvalue weighted by atomic mass is 16.5. The third-order valence-electron chi connectivity index (χ3n) is 4.43. The van der Waals surface area contributed by atoms with E-state index in [1.807, 2.05) is 49.6 Å². The summed E-state index contributed by atoms with van der Waals surface area (Å²) in [5, 5.41) is 17.1. The van der Waals surface area contributed by atoms with Crippen LogP contribution in [0.15, 0.2) is 24.3 Å². The minimum absolute atomic E-state index is 0.161. The predicted octanol–water partition coefficient (Wildman–Crippen LogP) is 3.12. The number of hydrogen-bond acceptors (Lipinski definition) is 5. The van der Waals surface area contributed by atoms with Gasteiger partial charge in [0.15, 0.2) is 5.65 Å². The Kier molecular flexibility index (Phi) is 4.90. The molecule has 3 rings (SSSR count). The lowest BCUT2D eigenvalue weighted by atomic mass is 10.1. The maximum Gasteiger partial charge on any atom is 0.165 e. The van der Waals surface area contributed by atoms with Gasteiger partial charge in [-0.1, -0.05) is 12.1 Å². The second kappa shape index (κ2) is 7.11. The van der Waals surface area contributed by atoms with Gasteiger partial charge in [-0.25, -0.2) is 4.98 Å². The number of aromatic nitrogens is 3. The van der Waals surface area contributed by atoms with Crippen molar-refractivity contribution >= 4 is 11.5 Å². The van der Waals surface area contributed by atoms with Gasteiger partial charge in [0.1, 0.15) is 11.6 Å². The Balaban J connectivity index is 2.15. The molecule has 6 nitrogen and oxygen atoms in total. The lowest BCUT2D eigenvalue weighted by Crippen LogP contribution is -2.11. The average Bonchev–Trinajstić information content (AvgIpc) is 2.94. The Bertz CT molecular complexity index is 885. The first-order valence-electron chi connectivity index (χ1n) is 8.42. The summed E-state index contributed by atoms with van der Waals surface area (Å²) in [4.78, 5) is 4.78. The highest BCUT2D eigenvalue weighted by molar-refractivity contribution is 5.81. The number of ether oxygens (including phenoxy) is 1. The molecular formula is C19H24N4O2. The van der Waals surface area contributed by atoms with Gasteiger partial charge in [-0.2, -0.15) is 9.61 Å². The number of nitrogens with one attached hydrogen (secondary N) is 1. The monoisotopic (exact) mass is 340 g/mol. The number of methoxy groups -OCH3 is 1. The highest BCUT2D eigenvalue weighted by Crippen LogP contribution is 2.31. The normalized spacial score (nSPS) is 11.1. The Morgan fingerprint density at radius 3 is 2.48 bits per heavy atom. The molecular weight excluding hydrogens is 316 g/mol. The van der Waals surface area contributed by atoms with Crippen molar-refractivity contribution in [2.75, 3.05) is 25.6 Å². The van der Waals surface area contributed by atoms with E-state index in [0.717, 1.165) is 45.3 Å². The number of benzene rings is 1. The van der Waals surface area contributed by atoms with Crippen LogP contribution >= 0.6 is 0 Å². The van der Waals surface area contributed by atoms with Crippen LogP contribution < -0.4 is 10.1 Å². The van der Waals surface area contributed by atoms with Crippen LogP contribution in [0.4, 0.5) is 5.82 Å². The van der Waals surface area contributed by atoms with Crippen LogP contribution in [0.2, 0.25) is 0 Å². The van der Waals surface area contributed by atoms with Gasteiger partial charge >= 0.3 is 0 Å². The van der Waals surface area contributed by atoms with Crippen LogP contribution in [0.5, 0.6) is 5.75 Å². The van der Waals surface area contributed by atoms with E-state index in [9.17, 15) is 0 Å². The zero-order valence-corrected chi connectivity index (χ0v) is 15.1. The lowest BCUT2D eigenvalue weighted by molar-refractivity contribution is 0.292. The quantitative estimate of drug-likeness (QED) is 0.675. The van der Waals surface area contributed by atoms with Gasteiger partial charge in [-0.3, -0.25) is 0 Å². The van der Waals surface area contributed by atoms with Crippen molar-refractivity contribution in [3.8, 4) is 16.9 Å². The number of aryl methyl sites for hydroxylation is 2. The number of nitrogens with zero attached hydrogens (tertiary/aromatic N) is 3. The topological polar surface area (TPSA) is 71.7 Å². The summed E-state index contributed by atoms with van der Waals surface area (Å²) in [7, 11) is 1.66. The summed E-state index contributed by atoms with van der Waals surface area (Å²) < 4.78 is 7.12. The fourth-order valence-electron chi connectivity index (χ4n) is 2.94. The van der Waals surface area contributed by atoms with Crippen molar-refractivity contribution in [2.45, 2.75) is 27.2 Å². The summed E-state index contributed by atoms with van der Waals surface area (Å²) in [6, 6.07) is 7.94. The molecule has 25 heavy (non-hydrogen) atoms. The summed E-state index contributed by atoms with van der Waals surface area (Å²) >= 11 is 0. The molecule has 0 atom stereocenters. The van der Waals surface area contributed by atoms with Gasteiger partial charge in [-0.05, 0) is 44.9 Å². The summed E-state index contributed by atoms with van der Waals surface area (Å²) in [6.45, 7) is 6.89. The standard InChI is InChI=1S/C19H24N4O2/c1-12-13(2)21-19-17(15-6-8-16(25-4)9-7-15)14(3)22-23(19)18(12)20-10-5-11-24/h6-9,20,24H,5,10-11H2,1-4H3. The van der Waals surface area contributed by atoms with Crippen molar-refractivity contribution in [2.24, 2.45) is 0 Å². The average molecular weight is 340 g/mol. The van der Waals surface area contributed by atoms with E-state index >= 15 is 0 Å². The van der Waals surface area contributed by atoms with Gasteiger partial charge in [-0.15, -0.1) is 0 Å². The number of rotatable bonds is 6. The highest BCUT2D eigenvalue weighted by Gasteiger charge is 2.18. The van der Waals surface area contributed by atoms with Gasteiger partial charge in [0.2, 0.25) is 0 Å². The van der Waals surface area contributed by atoms with Crippen LogP contribution in [0.3, 0.4) is 0 Å². The van der Waals surface area contributed by atoms with E-state index in [4.69, 9.17) is 19.9 Å². The molecule has 2 aromatic heterocycles. The Morgan fingerprint density at radius 1 is 1.12 bits per heavy atom. The van der Waals surface area contributed by atoms with Crippen LogP contribution in [-0.4, -0.2) is 40.0 Å². The maximum absolute atomic E-state index is 9.04. The molecule has 0 aliphatic carbocycles. The van der Waals surface area contributed by atoms with Crippen molar-refractivity contribution in [3.63, 3.8) is 0 Å². The Morgan fingerprint density at radius 2 is 1.84 bits per heavy atom. The Hall–Kier alpha value is -2.60. The molecule has 0 radical (unpaired) electrons. The Labute approximate surface area is 147 Å². The first-order chi connectivity index (χ1) is 12.1. The van der Waals surface area contributed by atoms with E-state index in [0.29, 0.717) is 13.0 Å². The van der Waals surface area contributed by atoms with Gasteiger partial charge in [0, 0.05) is 30.0 Å². The van der Waals surface area contributed by atoms with Crippen molar-refractivity contribution in [1.29, 1.82) is 0 Å². The maximum atomic E-state index is 9.04. The molecule has 0 saturated carbocycles. The van der Waals surface area contributed by atoms with E-state index in [1.54, 1.807) is 7.11 Å². The molecule has 0 spiro atoms. The van der Waals surface area contributed by atoms with Crippen LogP contribution in [-0.2, 0) is 0 Å². The number of aliphatic hydroxyl groups is 1. The van der Waals surface area contributed by atoms with E-state index in [2.05, 4.69) is 5.32 Å². The third kappa shape index (κ3) is 3.17. The number of aliphatic hydroxyl groups excluding tert-OH is 1. The first kappa shape index (κ1) is 17.2. The fraction of sp³-hybridized carbons (Fsp3) is 0.368. The van der Waals surface area contributed by atoms with Gasteiger partial charge in [0.25, 0.3) is 0 Å². The predicted molar refractivity (Wildman–Crippen MR) is 99.4 cm³/mol. The molecule has 0 aliphatic rings. The smallest absolute Gasteiger partial charge is 0.165 e. The second-order valence-electron chi connectivity index (χ2n) is 6.10. The fourth-order valence-corrected chi connectivity index (χ4v) is 2.94.